The lowest BCUT2D eigenvalue weighted by Crippen LogP contribution is -2.29. The minimum atomic E-state index is -0.884. The maximum Gasteiger partial charge on any atom is 0.308 e. The van der Waals surface area contributed by atoms with Crippen LogP contribution < -0.4 is 0 Å². The van der Waals surface area contributed by atoms with Gasteiger partial charge in [-0.2, -0.15) is 0 Å². The summed E-state index contributed by atoms with van der Waals surface area (Å²) in [6.07, 6.45) is 5.21. The number of carboxylic acids is 1. The van der Waals surface area contributed by atoms with E-state index in [1.54, 1.807) is 6.92 Å². The molecule has 5 atom stereocenters. The lowest BCUT2D eigenvalue weighted by molar-refractivity contribution is -0.145. The number of aliphatic hydroxyl groups excluding tert-OH is 1. The van der Waals surface area contributed by atoms with Gasteiger partial charge in [0.15, 0.2) is 0 Å². The molecule has 2 fully saturated rings. The molecule has 0 radical (unpaired) electrons. The quantitative estimate of drug-likeness (QED) is 0.748. The van der Waals surface area contributed by atoms with Gasteiger partial charge in [0.05, 0.1) is 12.0 Å². The molecule has 2 rings (SSSR count). The Kier molecular flexibility index (Phi) is 3.01. The summed E-state index contributed by atoms with van der Waals surface area (Å²) in [5.41, 5.74) is 0. The van der Waals surface area contributed by atoms with Crippen LogP contribution in [0.1, 0.15) is 39.0 Å². The molecule has 0 aliphatic heterocycles. The molecule has 0 heterocycles. The van der Waals surface area contributed by atoms with Crippen molar-refractivity contribution in [1.82, 2.24) is 0 Å². The summed E-state index contributed by atoms with van der Waals surface area (Å²) in [5.74, 6) is 0.716. The van der Waals surface area contributed by atoms with Crippen LogP contribution in [0.2, 0.25) is 0 Å². The molecule has 0 aromatic carbocycles. The third-order valence-electron chi connectivity index (χ3n) is 4.40. The molecule has 2 aliphatic carbocycles. The van der Waals surface area contributed by atoms with Gasteiger partial charge in [0.25, 0.3) is 0 Å². The van der Waals surface area contributed by atoms with Gasteiger partial charge >= 0.3 is 5.97 Å². The lowest BCUT2D eigenvalue weighted by Gasteiger charge is -2.25. The summed E-state index contributed by atoms with van der Waals surface area (Å²) in [5, 5.41) is 18.6. The van der Waals surface area contributed by atoms with Crippen LogP contribution >= 0.6 is 0 Å². The van der Waals surface area contributed by atoms with Gasteiger partial charge in [-0.3, -0.25) is 4.79 Å². The van der Waals surface area contributed by atoms with E-state index < -0.39 is 18.0 Å². The summed E-state index contributed by atoms with van der Waals surface area (Å²) in [7, 11) is 0. The average Bonchev–Trinajstić information content (AvgIpc) is 2.77. The minimum Gasteiger partial charge on any atom is -0.481 e. The van der Waals surface area contributed by atoms with Crippen LogP contribution in [0.5, 0.6) is 0 Å². The standard InChI is InChI=1S/C12H20O3/c1-7(12(14)15)11(13)6-10-5-8-2-3-9(10)4-8/h7-11,13H,2-6H2,1H3,(H,14,15)/t7-,8-,9+,10+,11-/m1/s1. The highest BCUT2D eigenvalue weighted by molar-refractivity contribution is 5.70. The molecule has 0 spiro atoms. The maximum absolute atomic E-state index is 10.7. The number of hydrogen-bond donors (Lipinski definition) is 2. The van der Waals surface area contributed by atoms with Gasteiger partial charge in [0.2, 0.25) is 0 Å². The lowest BCUT2D eigenvalue weighted by atomic mass is 9.82. The van der Waals surface area contributed by atoms with Crippen LogP contribution in [0.15, 0.2) is 0 Å². The molecule has 2 N–H and O–H groups in total. The zero-order valence-corrected chi connectivity index (χ0v) is 9.22. The van der Waals surface area contributed by atoms with E-state index in [9.17, 15) is 9.90 Å². The Morgan fingerprint density at radius 3 is 2.60 bits per heavy atom. The van der Waals surface area contributed by atoms with Crippen LogP contribution in [0.4, 0.5) is 0 Å². The average molecular weight is 212 g/mol. The van der Waals surface area contributed by atoms with E-state index in [1.807, 2.05) is 0 Å². The number of carboxylic acid groups (broad SMARTS) is 1. The van der Waals surface area contributed by atoms with Crippen molar-refractivity contribution in [1.29, 1.82) is 0 Å². The van der Waals surface area contributed by atoms with Crippen molar-refractivity contribution in [2.75, 3.05) is 0 Å². The molecular weight excluding hydrogens is 192 g/mol. The molecule has 2 saturated carbocycles. The largest absolute Gasteiger partial charge is 0.481 e. The van der Waals surface area contributed by atoms with E-state index in [0.29, 0.717) is 12.3 Å². The van der Waals surface area contributed by atoms with Crippen LogP contribution in [-0.4, -0.2) is 22.3 Å². The smallest absolute Gasteiger partial charge is 0.308 e. The van der Waals surface area contributed by atoms with Gasteiger partial charge in [-0.1, -0.05) is 6.42 Å². The fourth-order valence-corrected chi connectivity index (χ4v) is 3.34. The molecule has 0 unspecified atom stereocenters. The highest BCUT2D eigenvalue weighted by atomic mass is 16.4. The minimum absolute atomic E-state index is 0.584. The monoisotopic (exact) mass is 212 g/mol. The molecule has 15 heavy (non-hydrogen) atoms. The third kappa shape index (κ3) is 2.17. The third-order valence-corrected chi connectivity index (χ3v) is 4.40. The first-order valence-electron chi connectivity index (χ1n) is 5.98. The number of aliphatic hydroxyl groups is 1. The number of rotatable bonds is 4. The van der Waals surface area contributed by atoms with E-state index in [-0.39, 0.29) is 0 Å². The number of hydrogen-bond acceptors (Lipinski definition) is 2. The van der Waals surface area contributed by atoms with Crippen LogP contribution in [0.25, 0.3) is 0 Å². The Morgan fingerprint density at radius 1 is 1.40 bits per heavy atom. The zero-order chi connectivity index (χ0) is 11.0. The van der Waals surface area contributed by atoms with Crippen molar-refractivity contribution in [3.8, 4) is 0 Å². The topological polar surface area (TPSA) is 57.5 Å². The van der Waals surface area contributed by atoms with Gasteiger partial charge in [-0.05, 0) is 50.4 Å². The Labute approximate surface area is 90.5 Å². The zero-order valence-electron chi connectivity index (χ0n) is 9.22. The van der Waals surface area contributed by atoms with E-state index in [4.69, 9.17) is 5.11 Å². The highest BCUT2D eigenvalue weighted by Gasteiger charge is 2.40. The predicted octanol–water partition coefficient (Wildman–Crippen LogP) is 1.89. The predicted molar refractivity (Wildman–Crippen MR) is 56.4 cm³/mol. The van der Waals surface area contributed by atoms with Gasteiger partial charge in [-0.25, -0.2) is 0 Å². The highest BCUT2D eigenvalue weighted by Crippen LogP contribution is 2.50. The Morgan fingerprint density at radius 2 is 2.13 bits per heavy atom. The molecule has 2 bridgehead atoms. The second kappa shape index (κ2) is 4.12. The van der Waals surface area contributed by atoms with E-state index in [0.717, 1.165) is 11.8 Å². The maximum atomic E-state index is 10.7. The van der Waals surface area contributed by atoms with Gasteiger partial charge in [0, 0.05) is 0 Å². The molecule has 0 aromatic heterocycles. The number of aliphatic carboxylic acids is 1. The van der Waals surface area contributed by atoms with Crippen LogP contribution in [0.3, 0.4) is 0 Å². The van der Waals surface area contributed by atoms with E-state index in [1.165, 1.54) is 25.7 Å². The van der Waals surface area contributed by atoms with Crippen molar-refractivity contribution in [2.24, 2.45) is 23.7 Å². The Bertz CT molecular complexity index is 251. The van der Waals surface area contributed by atoms with Crippen molar-refractivity contribution < 1.29 is 15.0 Å². The summed E-state index contributed by atoms with van der Waals surface area (Å²) in [6.45, 7) is 1.60. The van der Waals surface area contributed by atoms with Crippen molar-refractivity contribution in [3.63, 3.8) is 0 Å². The van der Waals surface area contributed by atoms with E-state index in [2.05, 4.69) is 0 Å². The molecule has 0 saturated heterocycles. The van der Waals surface area contributed by atoms with E-state index >= 15 is 0 Å². The van der Waals surface area contributed by atoms with Crippen molar-refractivity contribution in [3.05, 3.63) is 0 Å². The molecular formula is C12H20O3. The normalized spacial score (nSPS) is 37.9. The van der Waals surface area contributed by atoms with Crippen molar-refractivity contribution in [2.45, 2.75) is 45.1 Å². The summed E-state index contributed by atoms with van der Waals surface area (Å²) in [4.78, 5) is 10.7. The first-order valence-corrected chi connectivity index (χ1v) is 5.98. The first-order chi connectivity index (χ1) is 7.08. The summed E-state index contributed by atoms with van der Waals surface area (Å²) >= 11 is 0. The molecule has 0 aromatic rings. The molecule has 3 heteroatoms. The summed E-state index contributed by atoms with van der Waals surface area (Å²) in [6, 6.07) is 0. The van der Waals surface area contributed by atoms with Gasteiger partial charge < -0.3 is 10.2 Å². The SMILES string of the molecule is C[C@@H](C(=O)O)[C@H](O)C[C@@H]1C[C@@H]2CC[C@H]1C2. The fraction of sp³-hybridized carbons (Fsp3) is 0.917. The van der Waals surface area contributed by atoms with Crippen LogP contribution in [-0.2, 0) is 4.79 Å². The van der Waals surface area contributed by atoms with Crippen molar-refractivity contribution >= 4 is 5.97 Å². The molecule has 0 amide bonds. The first kappa shape index (κ1) is 10.9. The Hall–Kier alpha value is -0.570. The van der Waals surface area contributed by atoms with Gasteiger partial charge in [-0.15, -0.1) is 0 Å². The molecule has 86 valence electrons. The molecule has 2 aliphatic rings. The number of fused-ring (bicyclic) bond motifs is 2. The molecule has 3 nitrogen and oxygen atoms in total. The Balaban J connectivity index is 1.84. The van der Waals surface area contributed by atoms with Crippen LogP contribution in [0, 0.1) is 23.7 Å². The number of carbonyl (C=O) groups is 1. The fourth-order valence-electron chi connectivity index (χ4n) is 3.34. The summed E-state index contributed by atoms with van der Waals surface area (Å²) < 4.78 is 0. The van der Waals surface area contributed by atoms with Gasteiger partial charge in [0.1, 0.15) is 0 Å². The second-order valence-electron chi connectivity index (χ2n) is 5.36. The second-order valence-corrected chi connectivity index (χ2v) is 5.36.